The summed E-state index contributed by atoms with van der Waals surface area (Å²) < 4.78 is 15.7. The van der Waals surface area contributed by atoms with Crippen molar-refractivity contribution in [1.82, 2.24) is 5.32 Å². The molecule has 0 aromatic carbocycles. The molecule has 0 radical (unpaired) electrons. The Hall–Kier alpha value is 0.110. The normalized spacial score (nSPS) is 25.2. The zero-order valence-electron chi connectivity index (χ0n) is 7.32. The van der Waals surface area contributed by atoms with Crippen LogP contribution in [-0.2, 0) is 9.09 Å². The van der Waals surface area contributed by atoms with E-state index >= 15 is 0 Å². The van der Waals surface area contributed by atoms with Crippen LogP contribution in [0.4, 0.5) is 0 Å². The van der Waals surface area contributed by atoms with Gasteiger partial charge in [-0.25, -0.2) is 0 Å². The summed E-state index contributed by atoms with van der Waals surface area (Å²) in [5, 5.41) is 3.21. The lowest BCUT2D eigenvalue weighted by atomic mass is 10.0. The lowest BCUT2D eigenvalue weighted by Gasteiger charge is -2.23. The molecule has 1 aliphatic rings. The highest BCUT2D eigenvalue weighted by atomic mass is 31.2. The Morgan fingerprint density at radius 3 is 2.67 bits per heavy atom. The van der Waals surface area contributed by atoms with Gasteiger partial charge < -0.3 is 14.7 Å². The smallest absolute Gasteiger partial charge is 0.324 e. The average molecular weight is 193 g/mol. The minimum Gasteiger partial charge on any atom is -0.324 e. The Labute approximate surface area is 72.8 Å². The van der Waals surface area contributed by atoms with Crippen molar-refractivity contribution in [2.45, 2.75) is 12.8 Å². The fraction of sp³-hybridized carbons (Fsp3) is 1.00. The predicted molar refractivity (Wildman–Crippen MR) is 47.3 cm³/mol. The van der Waals surface area contributed by atoms with Crippen LogP contribution in [0.5, 0.6) is 0 Å². The Bertz CT molecular complexity index is 179. The van der Waals surface area contributed by atoms with Crippen LogP contribution >= 0.6 is 7.60 Å². The highest BCUT2D eigenvalue weighted by Crippen LogP contribution is 2.44. The summed E-state index contributed by atoms with van der Waals surface area (Å²) in [6.45, 7) is 1.91. The summed E-state index contributed by atoms with van der Waals surface area (Å²) in [6, 6.07) is 0. The molecular formula is C7H16NO3P. The highest BCUT2D eigenvalue weighted by molar-refractivity contribution is 7.52. The van der Waals surface area contributed by atoms with Crippen molar-refractivity contribution in [2.75, 3.05) is 26.4 Å². The van der Waals surface area contributed by atoms with E-state index < -0.39 is 7.60 Å². The maximum atomic E-state index is 11.2. The van der Waals surface area contributed by atoms with Gasteiger partial charge in [0.2, 0.25) is 0 Å². The fourth-order valence-corrected chi connectivity index (χ4v) is 2.63. The molecule has 0 aromatic heterocycles. The van der Waals surface area contributed by atoms with Crippen LogP contribution in [-0.4, -0.2) is 31.3 Å². The third-order valence-corrected chi connectivity index (χ3v) is 3.78. The van der Waals surface area contributed by atoms with Crippen LogP contribution in [0.1, 0.15) is 12.8 Å². The molecule has 1 unspecified atom stereocenters. The van der Waals surface area contributed by atoms with Gasteiger partial charge >= 0.3 is 7.60 Å². The van der Waals surface area contributed by atoms with E-state index in [1.807, 2.05) is 0 Å². The zero-order valence-corrected chi connectivity index (χ0v) is 8.22. The third-order valence-electron chi connectivity index (χ3n) is 2.23. The van der Waals surface area contributed by atoms with Crippen LogP contribution in [0, 0.1) is 5.92 Å². The summed E-state index contributed by atoms with van der Waals surface area (Å²) in [6.07, 6.45) is 2.27. The standard InChI is InChI=1S/C7H16NO3P/c1-11-12(9,10)6-7-2-4-8-5-3-7/h7-8H,2-6H2,1H3,(H,9,10). The average Bonchev–Trinajstić information content (AvgIpc) is 2.06. The van der Waals surface area contributed by atoms with E-state index in [1.165, 1.54) is 7.11 Å². The molecule has 1 atom stereocenters. The molecule has 0 spiro atoms. The Morgan fingerprint density at radius 1 is 1.58 bits per heavy atom. The van der Waals surface area contributed by atoms with Crippen LogP contribution in [0.3, 0.4) is 0 Å². The molecule has 72 valence electrons. The molecular weight excluding hydrogens is 177 g/mol. The van der Waals surface area contributed by atoms with Gasteiger partial charge in [0.15, 0.2) is 0 Å². The van der Waals surface area contributed by atoms with E-state index in [4.69, 9.17) is 0 Å². The first kappa shape index (κ1) is 10.2. The van der Waals surface area contributed by atoms with Gasteiger partial charge in [0.25, 0.3) is 0 Å². The molecule has 0 aromatic rings. The van der Waals surface area contributed by atoms with Crippen LogP contribution in [0.15, 0.2) is 0 Å². The minimum atomic E-state index is -3.27. The van der Waals surface area contributed by atoms with Crippen LogP contribution in [0.25, 0.3) is 0 Å². The van der Waals surface area contributed by atoms with E-state index in [0.29, 0.717) is 12.1 Å². The monoisotopic (exact) mass is 193 g/mol. The third kappa shape index (κ3) is 3.23. The number of piperidine rings is 1. The fourth-order valence-electron chi connectivity index (χ4n) is 1.47. The number of nitrogens with one attached hydrogen (secondary N) is 1. The maximum absolute atomic E-state index is 11.2. The van der Waals surface area contributed by atoms with Gasteiger partial charge in [0.05, 0.1) is 6.16 Å². The Morgan fingerprint density at radius 2 is 2.17 bits per heavy atom. The molecule has 1 fully saturated rings. The van der Waals surface area contributed by atoms with Crippen molar-refractivity contribution in [3.8, 4) is 0 Å². The second kappa shape index (κ2) is 4.38. The Kier molecular flexibility index (Phi) is 3.72. The van der Waals surface area contributed by atoms with E-state index in [9.17, 15) is 9.46 Å². The van der Waals surface area contributed by atoms with Crippen molar-refractivity contribution in [3.63, 3.8) is 0 Å². The molecule has 1 saturated heterocycles. The topological polar surface area (TPSA) is 58.6 Å². The van der Waals surface area contributed by atoms with Gasteiger partial charge in [-0.05, 0) is 31.8 Å². The van der Waals surface area contributed by atoms with Crippen molar-refractivity contribution in [1.29, 1.82) is 0 Å². The summed E-state index contributed by atoms with van der Waals surface area (Å²) in [5.74, 6) is 0.349. The highest BCUT2D eigenvalue weighted by Gasteiger charge is 2.24. The van der Waals surface area contributed by atoms with Crippen LogP contribution in [0.2, 0.25) is 0 Å². The van der Waals surface area contributed by atoms with Crippen molar-refractivity contribution in [3.05, 3.63) is 0 Å². The lowest BCUT2D eigenvalue weighted by molar-refractivity contribution is 0.297. The van der Waals surface area contributed by atoms with E-state index in [1.54, 1.807) is 0 Å². The van der Waals surface area contributed by atoms with Gasteiger partial charge in [-0.1, -0.05) is 0 Å². The first-order chi connectivity index (χ1) is 5.64. The molecule has 12 heavy (non-hydrogen) atoms. The first-order valence-electron chi connectivity index (χ1n) is 4.22. The summed E-state index contributed by atoms with van der Waals surface area (Å²) in [5.41, 5.74) is 0. The first-order valence-corrected chi connectivity index (χ1v) is 5.98. The number of rotatable bonds is 3. The van der Waals surface area contributed by atoms with E-state index in [-0.39, 0.29) is 0 Å². The molecule has 4 nitrogen and oxygen atoms in total. The van der Waals surface area contributed by atoms with E-state index in [2.05, 4.69) is 9.84 Å². The summed E-state index contributed by atoms with van der Waals surface area (Å²) >= 11 is 0. The molecule has 0 saturated carbocycles. The lowest BCUT2D eigenvalue weighted by Crippen LogP contribution is -2.29. The molecule has 2 N–H and O–H groups in total. The second-order valence-corrected chi connectivity index (χ2v) is 5.20. The maximum Gasteiger partial charge on any atom is 0.328 e. The second-order valence-electron chi connectivity index (χ2n) is 3.20. The van der Waals surface area contributed by atoms with Gasteiger partial charge in [0, 0.05) is 7.11 Å². The summed E-state index contributed by atoms with van der Waals surface area (Å²) in [7, 11) is -1.98. The minimum absolute atomic E-state index is 0.311. The molecule has 1 aliphatic heterocycles. The quantitative estimate of drug-likeness (QED) is 0.651. The molecule has 1 rings (SSSR count). The van der Waals surface area contributed by atoms with Gasteiger partial charge in [-0.15, -0.1) is 0 Å². The summed E-state index contributed by atoms with van der Waals surface area (Å²) in [4.78, 5) is 9.19. The van der Waals surface area contributed by atoms with Crippen molar-refractivity contribution < 1.29 is 14.0 Å². The Balaban J connectivity index is 2.34. The molecule has 5 heteroatoms. The van der Waals surface area contributed by atoms with Gasteiger partial charge in [-0.3, -0.25) is 4.57 Å². The van der Waals surface area contributed by atoms with Crippen molar-refractivity contribution >= 4 is 7.60 Å². The van der Waals surface area contributed by atoms with Crippen LogP contribution < -0.4 is 5.32 Å². The largest absolute Gasteiger partial charge is 0.328 e. The molecule has 0 aliphatic carbocycles. The van der Waals surface area contributed by atoms with E-state index in [0.717, 1.165) is 25.9 Å². The molecule has 0 amide bonds. The zero-order chi connectivity index (χ0) is 9.03. The predicted octanol–water partition coefficient (Wildman–Crippen LogP) is 0.818. The number of hydrogen-bond donors (Lipinski definition) is 2. The van der Waals surface area contributed by atoms with Gasteiger partial charge in [-0.2, -0.15) is 0 Å². The molecule has 1 heterocycles. The van der Waals surface area contributed by atoms with Crippen molar-refractivity contribution in [2.24, 2.45) is 5.92 Å². The number of hydrogen-bond acceptors (Lipinski definition) is 3. The van der Waals surface area contributed by atoms with Gasteiger partial charge in [0.1, 0.15) is 0 Å². The SMILES string of the molecule is COP(=O)(O)CC1CCNCC1. The molecule has 0 bridgehead atoms.